The van der Waals surface area contributed by atoms with Gasteiger partial charge in [0, 0.05) is 13.1 Å². The third-order valence-corrected chi connectivity index (χ3v) is 5.45. The molecular formula is C17H28N4O2S. The number of rotatable bonds is 7. The van der Waals surface area contributed by atoms with E-state index in [0.29, 0.717) is 17.5 Å². The lowest BCUT2D eigenvalue weighted by atomic mass is 10.2. The molecule has 3 unspecified atom stereocenters. The highest BCUT2D eigenvalue weighted by atomic mass is 32.1. The average molecular weight is 353 g/mol. The highest BCUT2D eigenvalue weighted by Gasteiger charge is 2.36. The molecule has 0 amide bonds. The van der Waals surface area contributed by atoms with Crippen LogP contribution in [-0.4, -0.2) is 36.6 Å². The number of carbonyl (C=O) groups is 1. The molecule has 1 aliphatic rings. The Bertz CT molecular complexity index is 599. The minimum Gasteiger partial charge on any atom is -0.462 e. The molecule has 0 spiro atoms. The maximum atomic E-state index is 11.9. The normalized spacial score (nSPS) is 21.3. The van der Waals surface area contributed by atoms with Crippen LogP contribution in [-0.2, 0) is 4.74 Å². The van der Waals surface area contributed by atoms with E-state index in [9.17, 15) is 4.79 Å². The molecule has 6 nitrogen and oxygen atoms in total. The topological polar surface area (TPSA) is 75.6 Å². The molecule has 24 heavy (non-hydrogen) atoms. The van der Waals surface area contributed by atoms with Crippen molar-refractivity contribution in [3.63, 3.8) is 0 Å². The standard InChI is InChI=1S/C17H28N4O2S/c1-6-8-12-9-13(12)21-17(18-5)20-11(4)15-19-10(3)14(24-15)16(22)23-7-2/h11-13H,6-9H2,1-5H3,(H2,18,20,21). The summed E-state index contributed by atoms with van der Waals surface area (Å²) in [5.74, 6) is 1.26. The van der Waals surface area contributed by atoms with Crippen molar-refractivity contribution >= 4 is 23.3 Å². The van der Waals surface area contributed by atoms with Crippen molar-refractivity contribution in [1.82, 2.24) is 15.6 Å². The van der Waals surface area contributed by atoms with Crippen molar-refractivity contribution in [3.8, 4) is 0 Å². The Labute approximate surface area is 148 Å². The average Bonchev–Trinajstić information content (AvgIpc) is 3.14. The zero-order valence-corrected chi connectivity index (χ0v) is 16.0. The van der Waals surface area contributed by atoms with Crippen molar-refractivity contribution in [1.29, 1.82) is 0 Å². The van der Waals surface area contributed by atoms with Crippen molar-refractivity contribution in [2.24, 2.45) is 10.9 Å². The van der Waals surface area contributed by atoms with Gasteiger partial charge >= 0.3 is 5.97 Å². The first-order valence-electron chi connectivity index (χ1n) is 8.64. The molecule has 1 aliphatic carbocycles. The van der Waals surface area contributed by atoms with E-state index in [2.05, 4.69) is 27.5 Å². The van der Waals surface area contributed by atoms with Gasteiger partial charge in [0.05, 0.1) is 18.3 Å². The Morgan fingerprint density at radius 2 is 2.25 bits per heavy atom. The molecule has 0 bridgehead atoms. The first-order valence-corrected chi connectivity index (χ1v) is 9.46. The van der Waals surface area contributed by atoms with Crippen LogP contribution in [0.5, 0.6) is 0 Å². The number of carbonyl (C=O) groups excluding carboxylic acids is 1. The van der Waals surface area contributed by atoms with E-state index in [1.54, 1.807) is 14.0 Å². The van der Waals surface area contributed by atoms with Crippen LogP contribution in [0.25, 0.3) is 0 Å². The second kappa shape index (κ2) is 8.46. The molecule has 7 heteroatoms. The minimum atomic E-state index is -0.297. The summed E-state index contributed by atoms with van der Waals surface area (Å²) in [6.45, 7) is 8.26. The SMILES string of the molecule is CCCC1CC1NC(=NC)NC(C)c1nc(C)c(C(=O)OCC)s1. The number of hydrogen-bond donors (Lipinski definition) is 2. The van der Waals surface area contributed by atoms with Gasteiger partial charge in [0.1, 0.15) is 9.88 Å². The zero-order valence-electron chi connectivity index (χ0n) is 15.2. The number of hydrogen-bond acceptors (Lipinski definition) is 5. The second-order valence-electron chi connectivity index (χ2n) is 6.16. The number of nitrogens with zero attached hydrogens (tertiary/aromatic N) is 2. The van der Waals surface area contributed by atoms with Gasteiger partial charge < -0.3 is 15.4 Å². The molecule has 134 valence electrons. The second-order valence-corrected chi connectivity index (χ2v) is 7.19. The number of esters is 1. The van der Waals surface area contributed by atoms with Crippen LogP contribution in [0, 0.1) is 12.8 Å². The molecule has 2 rings (SSSR count). The molecule has 0 radical (unpaired) electrons. The fourth-order valence-corrected chi connectivity index (χ4v) is 3.68. The number of aromatic nitrogens is 1. The van der Waals surface area contributed by atoms with Crippen LogP contribution in [0.15, 0.2) is 4.99 Å². The van der Waals surface area contributed by atoms with Gasteiger partial charge in [-0.1, -0.05) is 13.3 Å². The van der Waals surface area contributed by atoms with Gasteiger partial charge in [-0.05, 0) is 39.5 Å². The molecule has 0 aliphatic heterocycles. The van der Waals surface area contributed by atoms with E-state index in [1.807, 2.05) is 13.8 Å². The van der Waals surface area contributed by atoms with E-state index in [1.165, 1.54) is 30.6 Å². The molecular weight excluding hydrogens is 324 g/mol. The summed E-state index contributed by atoms with van der Waals surface area (Å²) in [5.41, 5.74) is 0.718. The summed E-state index contributed by atoms with van der Waals surface area (Å²) >= 11 is 1.38. The summed E-state index contributed by atoms with van der Waals surface area (Å²) in [6.07, 6.45) is 3.70. The predicted molar refractivity (Wildman–Crippen MR) is 97.7 cm³/mol. The minimum absolute atomic E-state index is 0.0218. The van der Waals surface area contributed by atoms with E-state index in [0.717, 1.165) is 22.6 Å². The lowest BCUT2D eigenvalue weighted by Crippen LogP contribution is -2.40. The van der Waals surface area contributed by atoms with Crippen LogP contribution in [0.1, 0.15) is 66.4 Å². The Balaban J connectivity index is 1.95. The fraction of sp³-hybridized carbons (Fsp3) is 0.706. The number of aryl methyl sites for hydroxylation is 1. The number of aliphatic imine (C=N–C) groups is 1. The van der Waals surface area contributed by atoms with Gasteiger partial charge in [0.2, 0.25) is 0 Å². The molecule has 1 aromatic heterocycles. The van der Waals surface area contributed by atoms with Gasteiger partial charge in [-0.25, -0.2) is 9.78 Å². The Morgan fingerprint density at radius 3 is 2.88 bits per heavy atom. The van der Waals surface area contributed by atoms with Gasteiger partial charge in [-0.3, -0.25) is 4.99 Å². The first-order chi connectivity index (χ1) is 11.5. The third-order valence-electron chi connectivity index (χ3n) is 4.13. The van der Waals surface area contributed by atoms with Crippen molar-refractivity contribution in [2.45, 2.75) is 59.0 Å². The Hall–Kier alpha value is -1.63. The highest BCUT2D eigenvalue weighted by molar-refractivity contribution is 7.13. The van der Waals surface area contributed by atoms with Crippen molar-refractivity contribution < 1.29 is 9.53 Å². The monoisotopic (exact) mass is 352 g/mol. The maximum Gasteiger partial charge on any atom is 0.350 e. The summed E-state index contributed by atoms with van der Waals surface area (Å²) in [4.78, 5) is 21.3. The molecule has 0 aromatic carbocycles. The largest absolute Gasteiger partial charge is 0.462 e. The van der Waals surface area contributed by atoms with Crippen LogP contribution >= 0.6 is 11.3 Å². The smallest absolute Gasteiger partial charge is 0.350 e. The van der Waals surface area contributed by atoms with Gasteiger partial charge in [0.25, 0.3) is 0 Å². The maximum absolute atomic E-state index is 11.9. The predicted octanol–water partition coefficient (Wildman–Crippen LogP) is 3.04. The lowest BCUT2D eigenvalue weighted by Gasteiger charge is -2.16. The van der Waals surface area contributed by atoms with Gasteiger partial charge in [-0.2, -0.15) is 0 Å². The van der Waals surface area contributed by atoms with E-state index < -0.39 is 0 Å². The van der Waals surface area contributed by atoms with E-state index in [4.69, 9.17) is 4.74 Å². The summed E-state index contributed by atoms with van der Waals surface area (Å²) in [7, 11) is 1.77. The lowest BCUT2D eigenvalue weighted by molar-refractivity contribution is 0.0531. The zero-order chi connectivity index (χ0) is 17.7. The molecule has 1 heterocycles. The number of guanidine groups is 1. The van der Waals surface area contributed by atoms with E-state index >= 15 is 0 Å². The van der Waals surface area contributed by atoms with E-state index in [-0.39, 0.29) is 12.0 Å². The van der Waals surface area contributed by atoms with Crippen molar-refractivity contribution in [3.05, 3.63) is 15.6 Å². The fourth-order valence-electron chi connectivity index (χ4n) is 2.72. The Kier molecular flexibility index (Phi) is 6.60. The molecule has 2 N–H and O–H groups in total. The highest BCUT2D eigenvalue weighted by Crippen LogP contribution is 2.34. The summed E-state index contributed by atoms with van der Waals surface area (Å²) < 4.78 is 5.07. The molecule has 1 fully saturated rings. The number of thiazole rings is 1. The number of nitrogens with one attached hydrogen (secondary N) is 2. The van der Waals surface area contributed by atoms with Crippen LogP contribution in [0.4, 0.5) is 0 Å². The first kappa shape index (κ1) is 18.7. The number of ether oxygens (including phenoxy) is 1. The van der Waals surface area contributed by atoms with Gasteiger partial charge in [-0.15, -0.1) is 11.3 Å². The summed E-state index contributed by atoms with van der Waals surface area (Å²) in [5, 5.41) is 7.69. The molecule has 1 saturated carbocycles. The van der Waals surface area contributed by atoms with Crippen LogP contribution < -0.4 is 10.6 Å². The van der Waals surface area contributed by atoms with Crippen LogP contribution in [0.3, 0.4) is 0 Å². The molecule has 0 saturated heterocycles. The van der Waals surface area contributed by atoms with Crippen LogP contribution in [0.2, 0.25) is 0 Å². The Morgan fingerprint density at radius 1 is 1.50 bits per heavy atom. The summed E-state index contributed by atoms with van der Waals surface area (Å²) in [6, 6.07) is 0.503. The van der Waals surface area contributed by atoms with Crippen molar-refractivity contribution in [2.75, 3.05) is 13.7 Å². The van der Waals surface area contributed by atoms with Gasteiger partial charge in [0.15, 0.2) is 5.96 Å². The quantitative estimate of drug-likeness (QED) is 0.448. The molecule has 3 atom stereocenters. The molecule has 1 aromatic rings. The third kappa shape index (κ3) is 4.69.